The van der Waals surface area contributed by atoms with Crippen LogP contribution in [0.3, 0.4) is 0 Å². The van der Waals surface area contributed by atoms with Crippen molar-refractivity contribution in [2.24, 2.45) is 0 Å². The maximum absolute atomic E-state index is 11.8. The minimum Gasteiger partial charge on any atom is -0.504 e. The Labute approximate surface area is 205 Å². The minimum atomic E-state index is -1.82. The molecule has 5 atom stereocenters. The van der Waals surface area contributed by atoms with E-state index >= 15 is 0 Å². The molecule has 2 aromatic carbocycles. The number of carboxylic acids is 1. The molecule has 1 aliphatic rings. The zero-order valence-corrected chi connectivity index (χ0v) is 18.7. The smallest absolute Gasteiger partial charge is 0.371 e. The van der Waals surface area contributed by atoms with Crippen molar-refractivity contribution in [1.82, 2.24) is 0 Å². The molecule has 1 aliphatic heterocycles. The summed E-state index contributed by atoms with van der Waals surface area (Å²) in [6.07, 6.45) is -8.24. The highest BCUT2D eigenvalue weighted by atomic mass is 16.7. The topological polar surface area (TPSA) is 225 Å². The summed E-state index contributed by atoms with van der Waals surface area (Å²) in [7, 11) is 0. The lowest BCUT2D eigenvalue weighted by molar-refractivity contribution is -0.277. The number of aromatic hydroxyl groups is 2. The monoisotopic (exact) mass is 517 g/mol. The summed E-state index contributed by atoms with van der Waals surface area (Å²) in [6.45, 7) is -0.723. The standard InChI is InChI=1S/C24H20O13/c25-7-16-18(29)19(30)20(31)24(36-16)37-22-10-6-15(23(32)33)34-13-4-9(26)5-14(17(10)13)35-21(22)8-1-2-11(27)12(28)3-8/h1-6,16,18-20,24-25,27-31H,7H2,(H,32,33)/p+1/t16-,18-,19+,20-,24+/m1/s1. The Balaban J connectivity index is 1.81. The maximum atomic E-state index is 11.8. The number of hydrogen-bond donors (Lipinski definition) is 7. The van der Waals surface area contributed by atoms with Crippen LogP contribution in [0.5, 0.6) is 17.2 Å². The van der Waals surface area contributed by atoms with Gasteiger partial charge in [-0.15, -0.1) is 0 Å². The number of benzene rings is 2. The SMILES string of the molecule is O=C(O)c1cc2c(O[C@@H]3O[C@H](CO)[C@@H](O)[C@H](O)[C@H]3O)c(-c3ccc(O)c(O)c3)oc3cc(=[OH+])cc(o1)c32. The zero-order valence-electron chi connectivity index (χ0n) is 18.7. The fourth-order valence-corrected chi connectivity index (χ4v) is 4.17. The molecule has 3 heterocycles. The molecule has 8 N–H and O–H groups in total. The van der Waals surface area contributed by atoms with Crippen LogP contribution in [0.15, 0.2) is 45.2 Å². The molecule has 194 valence electrons. The first-order valence-corrected chi connectivity index (χ1v) is 10.9. The minimum absolute atomic E-state index is 0.0226. The Morgan fingerprint density at radius 2 is 1.65 bits per heavy atom. The third-order valence-corrected chi connectivity index (χ3v) is 6.01. The van der Waals surface area contributed by atoms with Gasteiger partial charge in [0.2, 0.25) is 12.1 Å². The molecular weight excluding hydrogens is 496 g/mol. The quantitative estimate of drug-likeness (QED) is 0.139. The first-order chi connectivity index (χ1) is 17.6. The summed E-state index contributed by atoms with van der Waals surface area (Å²) in [5, 5.41) is 70.0. The van der Waals surface area contributed by atoms with Crippen LogP contribution >= 0.6 is 0 Å². The predicted octanol–water partition coefficient (Wildman–Crippen LogP) is 0.139. The molecule has 0 bridgehead atoms. The van der Waals surface area contributed by atoms with Gasteiger partial charge in [0.05, 0.1) is 24.1 Å². The summed E-state index contributed by atoms with van der Waals surface area (Å²) in [6, 6.07) is 7.11. The number of rotatable bonds is 5. The van der Waals surface area contributed by atoms with E-state index in [0.717, 1.165) is 24.3 Å². The summed E-state index contributed by atoms with van der Waals surface area (Å²) < 4.78 is 22.7. The Hall–Kier alpha value is -4.14. The predicted molar refractivity (Wildman–Crippen MR) is 121 cm³/mol. The average Bonchev–Trinajstić information content (AvgIpc) is 2.86. The third-order valence-electron chi connectivity index (χ3n) is 6.01. The molecule has 0 saturated carbocycles. The summed E-state index contributed by atoms with van der Waals surface area (Å²) in [4.78, 5) is 21.9. The molecule has 0 radical (unpaired) electrons. The third kappa shape index (κ3) is 4.14. The molecule has 2 aromatic heterocycles. The van der Waals surface area contributed by atoms with Gasteiger partial charge >= 0.3 is 11.4 Å². The van der Waals surface area contributed by atoms with Crippen molar-refractivity contribution in [3.8, 4) is 28.6 Å². The average molecular weight is 517 g/mol. The van der Waals surface area contributed by atoms with Gasteiger partial charge in [0, 0.05) is 17.0 Å². The second-order valence-corrected chi connectivity index (χ2v) is 8.43. The first kappa shape index (κ1) is 24.5. The van der Waals surface area contributed by atoms with Crippen molar-refractivity contribution in [3.05, 3.63) is 47.6 Å². The molecule has 13 heteroatoms. The number of aromatic carboxylic acids is 1. The summed E-state index contributed by atoms with van der Waals surface area (Å²) in [5.74, 6) is -3.37. The highest BCUT2D eigenvalue weighted by Gasteiger charge is 2.45. The van der Waals surface area contributed by atoms with Gasteiger partial charge in [0.1, 0.15) is 35.6 Å². The van der Waals surface area contributed by atoms with E-state index in [4.69, 9.17) is 18.3 Å². The van der Waals surface area contributed by atoms with Crippen LogP contribution in [0, 0.1) is 0 Å². The first-order valence-electron chi connectivity index (χ1n) is 10.9. The van der Waals surface area contributed by atoms with Gasteiger partial charge in [-0.2, -0.15) is 0 Å². The van der Waals surface area contributed by atoms with E-state index in [9.17, 15) is 45.3 Å². The lowest BCUT2D eigenvalue weighted by Gasteiger charge is -2.39. The Morgan fingerprint density at radius 1 is 0.946 bits per heavy atom. The van der Waals surface area contributed by atoms with Crippen molar-refractivity contribution < 1.29 is 63.6 Å². The molecule has 5 rings (SSSR count). The molecule has 13 nitrogen and oxygen atoms in total. The van der Waals surface area contributed by atoms with Gasteiger partial charge in [-0.3, -0.25) is 4.79 Å². The van der Waals surface area contributed by atoms with Crippen molar-refractivity contribution in [1.29, 1.82) is 0 Å². The van der Waals surface area contributed by atoms with E-state index < -0.39 is 60.5 Å². The van der Waals surface area contributed by atoms with Crippen molar-refractivity contribution >= 4 is 27.9 Å². The van der Waals surface area contributed by atoms with Gasteiger partial charge in [-0.25, -0.2) is 4.79 Å². The number of aliphatic hydroxyl groups is 4. The highest BCUT2D eigenvalue weighted by molar-refractivity contribution is 6.11. The largest absolute Gasteiger partial charge is 0.504 e. The van der Waals surface area contributed by atoms with Crippen LogP contribution in [0.2, 0.25) is 0 Å². The molecule has 0 amide bonds. The van der Waals surface area contributed by atoms with Crippen LogP contribution in [-0.2, 0) is 4.74 Å². The normalized spacial score (nSPS) is 23.9. The van der Waals surface area contributed by atoms with Gasteiger partial charge in [0.25, 0.3) is 0 Å². The molecular formula is C24H21O13+. The number of carbonyl (C=O) groups is 1. The molecule has 1 fully saturated rings. The molecule has 1 saturated heterocycles. The van der Waals surface area contributed by atoms with E-state index in [0.29, 0.717) is 0 Å². The molecule has 4 aromatic rings. The van der Waals surface area contributed by atoms with E-state index in [2.05, 4.69) is 0 Å². The molecule has 0 unspecified atom stereocenters. The second kappa shape index (κ2) is 9.06. The highest BCUT2D eigenvalue weighted by Crippen LogP contribution is 2.44. The maximum Gasteiger partial charge on any atom is 0.371 e. The molecule has 0 aliphatic carbocycles. The Morgan fingerprint density at radius 3 is 2.30 bits per heavy atom. The van der Waals surface area contributed by atoms with Crippen LogP contribution in [0.1, 0.15) is 10.6 Å². The Bertz CT molecular complexity index is 1570. The van der Waals surface area contributed by atoms with Crippen molar-refractivity contribution in [2.75, 3.05) is 6.61 Å². The van der Waals surface area contributed by atoms with Gasteiger partial charge in [0.15, 0.2) is 23.0 Å². The molecule has 0 spiro atoms. The number of ether oxygens (including phenoxy) is 2. The van der Waals surface area contributed by atoms with E-state index in [1.54, 1.807) is 0 Å². The second-order valence-electron chi connectivity index (χ2n) is 8.43. The van der Waals surface area contributed by atoms with Crippen LogP contribution in [0.4, 0.5) is 0 Å². The number of phenols is 2. The number of carboxylic acid groups (broad SMARTS) is 1. The lowest BCUT2D eigenvalue weighted by atomic mass is 9.99. The van der Waals surface area contributed by atoms with Crippen molar-refractivity contribution in [2.45, 2.75) is 30.7 Å². The Kier molecular flexibility index (Phi) is 6.01. The number of phenolic OH excluding ortho intramolecular Hbond substituents is 2. The summed E-state index contributed by atoms with van der Waals surface area (Å²) in [5.41, 5.74) is -0.262. The van der Waals surface area contributed by atoms with Gasteiger partial charge in [-0.05, 0) is 18.2 Å². The van der Waals surface area contributed by atoms with E-state index in [1.165, 1.54) is 12.1 Å². The van der Waals surface area contributed by atoms with Crippen LogP contribution < -0.4 is 10.2 Å². The number of aliphatic hydroxyl groups excluding tert-OH is 4. The van der Waals surface area contributed by atoms with Gasteiger partial charge in [-0.1, -0.05) is 0 Å². The molecule has 37 heavy (non-hydrogen) atoms. The zero-order chi connectivity index (χ0) is 26.6. The summed E-state index contributed by atoms with van der Waals surface area (Å²) >= 11 is 0. The van der Waals surface area contributed by atoms with Gasteiger partial charge < -0.3 is 54.1 Å². The van der Waals surface area contributed by atoms with Crippen LogP contribution in [0.25, 0.3) is 33.3 Å². The van der Waals surface area contributed by atoms with E-state index in [1.807, 2.05) is 0 Å². The lowest BCUT2D eigenvalue weighted by Crippen LogP contribution is -2.60. The van der Waals surface area contributed by atoms with Crippen molar-refractivity contribution in [3.63, 3.8) is 0 Å². The van der Waals surface area contributed by atoms with Crippen LogP contribution in [-0.4, -0.2) is 83.8 Å². The van der Waals surface area contributed by atoms with E-state index in [-0.39, 0.29) is 44.4 Å². The number of hydrogen-bond acceptors (Lipinski definition) is 11. The fraction of sp³-hybridized carbons (Fsp3) is 0.250. The fourth-order valence-electron chi connectivity index (χ4n) is 4.17.